The summed E-state index contributed by atoms with van der Waals surface area (Å²) in [5, 5.41) is 8.91. The summed E-state index contributed by atoms with van der Waals surface area (Å²) in [4.78, 5) is 10.8. The van der Waals surface area contributed by atoms with Gasteiger partial charge in [-0.2, -0.15) is 0 Å². The Kier molecular flexibility index (Phi) is 2.31. The molecule has 2 aliphatic rings. The SMILES string of the molecule is O=C(O)CC12CCCCC1CCC2. The van der Waals surface area contributed by atoms with E-state index in [4.69, 9.17) is 5.11 Å². The molecule has 74 valence electrons. The molecule has 2 unspecified atom stereocenters. The van der Waals surface area contributed by atoms with Crippen LogP contribution in [0.4, 0.5) is 0 Å². The van der Waals surface area contributed by atoms with Crippen molar-refractivity contribution < 1.29 is 9.90 Å². The van der Waals surface area contributed by atoms with Crippen LogP contribution in [0, 0.1) is 11.3 Å². The van der Waals surface area contributed by atoms with Crippen LogP contribution in [0.3, 0.4) is 0 Å². The molecule has 1 N–H and O–H groups in total. The molecule has 2 aliphatic carbocycles. The van der Waals surface area contributed by atoms with E-state index in [2.05, 4.69) is 0 Å². The molecule has 2 rings (SSSR count). The summed E-state index contributed by atoms with van der Waals surface area (Å²) < 4.78 is 0. The first kappa shape index (κ1) is 9.04. The van der Waals surface area contributed by atoms with Crippen LogP contribution in [-0.2, 0) is 4.79 Å². The maximum absolute atomic E-state index is 10.8. The molecule has 2 fully saturated rings. The first-order chi connectivity index (χ1) is 6.23. The Morgan fingerprint density at radius 2 is 1.92 bits per heavy atom. The van der Waals surface area contributed by atoms with Gasteiger partial charge in [-0.3, -0.25) is 4.79 Å². The fraction of sp³-hybridized carbons (Fsp3) is 0.909. The van der Waals surface area contributed by atoms with Crippen molar-refractivity contribution >= 4 is 5.97 Å². The fourth-order valence-electron chi connectivity index (χ4n) is 3.48. The first-order valence-corrected chi connectivity index (χ1v) is 5.45. The monoisotopic (exact) mass is 182 g/mol. The first-order valence-electron chi connectivity index (χ1n) is 5.45. The minimum absolute atomic E-state index is 0.212. The molecule has 0 aromatic rings. The highest BCUT2D eigenvalue weighted by Crippen LogP contribution is 2.54. The van der Waals surface area contributed by atoms with E-state index in [0.717, 1.165) is 5.92 Å². The van der Waals surface area contributed by atoms with Crippen LogP contribution in [-0.4, -0.2) is 11.1 Å². The summed E-state index contributed by atoms with van der Waals surface area (Å²) in [6.07, 6.45) is 9.18. The minimum Gasteiger partial charge on any atom is -0.481 e. The molecule has 2 saturated carbocycles. The second-order valence-corrected chi connectivity index (χ2v) is 4.77. The maximum Gasteiger partial charge on any atom is 0.303 e. The zero-order chi connectivity index (χ0) is 9.31. The standard InChI is InChI=1S/C11H18O2/c12-10(13)8-11-6-2-1-4-9(11)5-3-7-11/h9H,1-8H2,(H,12,13). The Morgan fingerprint density at radius 1 is 1.23 bits per heavy atom. The van der Waals surface area contributed by atoms with Gasteiger partial charge in [-0.15, -0.1) is 0 Å². The lowest BCUT2D eigenvalue weighted by Gasteiger charge is -2.38. The number of hydrogen-bond acceptors (Lipinski definition) is 1. The lowest BCUT2D eigenvalue weighted by Crippen LogP contribution is -2.31. The predicted molar refractivity (Wildman–Crippen MR) is 50.5 cm³/mol. The molecule has 0 aromatic heterocycles. The van der Waals surface area contributed by atoms with Crippen LogP contribution in [0.5, 0.6) is 0 Å². The number of carbonyl (C=O) groups is 1. The molecule has 0 radical (unpaired) electrons. The van der Waals surface area contributed by atoms with Gasteiger partial charge in [0.15, 0.2) is 0 Å². The zero-order valence-corrected chi connectivity index (χ0v) is 8.09. The van der Waals surface area contributed by atoms with Gasteiger partial charge < -0.3 is 5.11 Å². The average Bonchev–Trinajstić information content (AvgIpc) is 2.45. The Balaban J connectivity index is 2.11. The van der Waals surface area contributed by atoms with E-state index < -0.39 is 5.97 Å². The molecule has 13 heavy (non-hydrogen) atoms. The molecule has 2 heteroatoms. The predicted octanol–water partition coefficient (Wildman–Crippen LogP) is 2.82. The van der Waals surface area contributed by atoms with Crippen LogP contribution in [0.25, 0.3) is 0 Å². The van der Waals surface area contributed by atoms with E-state index in [-0.39, 0.29) is 5.41 Å². The molecular formula is C11H18O2. The fourth-order valence-corrected chi connectivity index (χ4v) is 3.48. The van der Waals surface area contributed by atoms with Gasteiger partial charge >= 0.3 is 5.97 Å². The van der Waals surface area contributed by atoms with Gasteiger partial charge in [-0.05, 0) is 37.0 Å². The van der Waals surface area contributed by atoms with Gasteiger partial charge in [-0.1, -0.05) is 19.3 Å². The summed E-state index contributed by atoms with van der Waals surface area (Å²) in [6, 6.07) is 0. The van der Waals surface area contributed by atoms with Gasteiger partial charge in [-0.25, -0.2) is 0 Å². The van der Waals surface area contributed by atoms with Crippen LogP contribution in [0.1, 0.15) is 51.4 Å². The molecular weight excluding hydrogens is 164 g/mol. The Morgan fingerprint density at radius 3 is 2.69 bits per heavy atom. The second-order valence-electron chi connectivity index (χ2n) is 4.77. The highest BCUT2D eigenvalue weighted by Gasteiger charge is 2.45. The molecule has 0 amide bonds. The summed E-state index contributed by atoms with van der Waals surface area (Å²) in [5.41, 5.74) is 0.212. The largest absolute Gasteiger partial charge is 0.481 e. The van der Waals surface area contributed by atoms with Gasteiger partial charge in [0.25, 0.3) is 0 Å². The van der Waals surface area contributed by atoms with Crippen LogP contribution in [0.2, 0.25) is 0 Å². The van der Waals surface area contributed by atoms with Crippen molar-refractivity contribution in [2.75, 3.05) is 0 Å². The van der Waals surface area contributed by atoms with E-state index in [0.29, 0.717) is 6.42 Å². The van der Waals surface area contributed by atoms with Crippen molar-refractivity contribution in [3.63, 3.8) is 0 Å². The average molecular weight is 182 g/mol. The van der Waals surface area contributed by atoms with Gasteiger partial charge in [0.05, 0.1) is 6.42 Å². The second kappa shape index (κ2) is 3.32. The third-order valence-corrected chi connectivity index (χ3v) is 4.07. The van der Waals surface area contributed by atoms with Crippen molar-refractivity contribution in [1.29, 1.82) is 0 Å². The Bertz CT molecular complexity index is 212. The van der Waals surface area contributed by atoms with Crippen LogP contribution < -0.4 is 0 Å². The molecule has 0 bridgehead atoms. The van der Waals surface area contributed by atoms with Crippen molar-refractivity contribution in [2.45, 2.75) is 51.4 Å². The van der Waals surface area contributed by atoms with Gasteiger partial charge in [0, 0.05) is 0 Å². The smallest absolute Gasteiger partial charge is 0.303 e. The summed E-state index contributed by atoms with van der Waals surface area (Å²) in [7, 11) is 0. The number of carboxylic acids is 1. The number of aliphatic carboxylic acids is 1. The molecule has 2 nitrogen and oxygen atoms in total. The molecule has 0 aliphatic heterocycles. The highest BCUT2D eigenvalue weighted by atomic mass is 16.4. The van der Waals surface area contributed by atoms with E-state index >= 15 is 0 Å². The van der Waals surface area contributed by atoms with Crippen LogP contribution >= 0.6 is 0 Å². The van der Waals surface area contributed by atoms with Crippen molar-refractivity contribution in [2.24, 2.45) is 11.3 Å². The number of fused-ring (bicyclic) bond motifs is 1. The highest BCUT2D eigenvalue weighted by molar-refractivity contribution is 5.67. The van der Waals surface area contributed by atoms with Gasteiger partial charge in [0.1, 0.15) is 0 Å². The van der Waals surface area contributed by atoms with E-state index in [1.54, 1.807) is 0 Å². The Hall–Kier alpha value is -0.530. The molecule has 0 heterocycles. The van der Waals surface area contributed by atoms with Crippen molar-refractivity contribution in [3.8, 4) is 0 Å². The van der Waals surface area contributed by atoms with Crippen LogP contribution in [0.15, 0.2) is 0 Å². The summed E-state index contributed by atoms with van der Waals surface area (Å²) in [5.74, 6) is 0.145. The third kappa shape index (κ3) is 1.59. The molecule has 0 saturated heterocycles. The van der Waals surface area contributed by atoms with E-state index in [1.807, 2.05) is 0 Å². The van der Waals surface area contributed by atoms with Crippen molar-refractivity contribution in [3.05, 3.63) is 0 Å². The summed E-state index contributed by atoms with van der Waals surface area (Å²) >= 11 is 0. The van der Waals surface area contributed by atoms with Crippen molar-refractivity contribution in [1.82, 2.24) is 0 Å². The normalized spacial score (nSPS) is 38.6. The van der Waals surface area contributed by atoms with E-state index in [9.17, 15) is 4.79 Å². The quantitative estimate of drug-likeness (QED) is 0.713. The number of hydrogen-bond donors (Lipinski definition) is 1. The zero-order valence-electron chi connectivity index (χ0n) is 8.09. The third-order valence-electron chi connectivity index (χ3n) is 4.07. The number of carboxylic acid groups (broad SMARTS) is 1. The summed E-state index contributed by atoms with van der Waals surface area (Å²) in [6.45, 7) is 0. The van der Waals surface area contributed by atoms with E-state index in [1.165, 1.54) is 44.9 Å². The molecule has 0 spiro atoms. The minimum atomic E-state index is -0.589. The molecule has 0 aromatic carbocycles. The Labute approximate surface area is 79.3 Å². The lowest BCUT2D eigenvalue weighted by atomic mass is 9.66. The maximum atomic E-state index is 10.8. The molecule has 2 atom stereocenters. The number of rotatable bonds is 2. The topological polar surface area (TPSA) is 37.3 Å². The lowest BCUT2D eigenvalue weighted by molar-refractivity contribution is -0.141. The van der Waals surface area contributed by atoms with Gasteiger partial charge in [0.2, 0.25) is 0 Å².